The van der Waals surface area contributed by atoms with Gasteiger partial charge in [0.25, 0.3) is 0 Å². The molecule has 0 spiro atoms. The molecule has 3 heterocycles. The summed E-state index contributed by atoms with van der Waals surface area (Å²) in [4.78, 5) is 16.9. The van der Waals surface area contributed by atoms with Gasteiger partial charge in [0.15, 0.2) is 5.78 Å². The van der Waals surface area contributed by atoms with Crippen LogP contribution < -0.4 is 0 Å². The standard InChI is InChI=1S/C14H17FN2O/c15-12-3-1-2-11(8-12)9-14(18)13-10-16-4-6-17(13)7-5-16/h1-3,8,13H,4-7,9-10H2. The lowest BCUT2D eigenvalue weighted by Crippen LogP contribution is -2.63. The minimum atomic E-state index is -0.269. The van der Waals surface area contributed by atoms with E-state index in [1.807, 2.05) is 6.07 Å². The number of carbonyl (C=O) groups is 1. The lowest BCUT2D eigenvalue weighted by Gasteiger charge is -2.46. The summed E-state index contributed by atoms with van der Waals surface area (Å²) in [6.07, 6.45) is 0.340. The summed E-state index contributed by atoms with van der Waals surface area (Å²) >= 11 is 0. The Morgan fingerprint density at radius 2 is 2.06 bits per heavy atom. The molecule has 0 saturated carbocycles. The van der Waals surface area contributed by atoms with Gasteiger partial charge in [-0.3, -0.25) is 14.6 Å². The van der Waals surface area contributed by atoms with Crippen molar-refractivity contribution in [2.75, 3.05) is 32.7 Å². The molecule has 2 bridgehead atoms. The summed E-state index contributed by atoms with van der Waals surface area (Å²) in [5.74, 6) is -0.0560. The second-order valence-corrected chi connectivity index (χ2v) is 5.13. The lowest BCUT2D eigenvalue weighted by molar-refractivity contribution is -0.128. The number of fused-ring (bicyclic) bond motifs is 3. The molecule has 3 fully saturated rings. The van der Waals surface area contributed by atoms with Crippen LogP contribution in [0.5, 0.6) is 0 Å². The highest BCUT2D eigenvalue weighted by Crippen LogP contribution is 2.18. The van der Waals surface area contributed by atoms with Gasteiger partial charge in [0.2, 0.25) is 0 Å². The molecule has 4 rings (SSSR count). The molecular weight excluding hydrogens is 231 g/mol. The Hall–Kier alpha value is -1.26. The van der Waals surface area contributed by atoms with Crippen LogP contribution in [0, 0.1) is 5.82 Å². The molecule has 1 unspecified atom stereocenters. The maximum absolute atomic E-state index is 13.1. The molecule has 0 radical (unpaired) electrons. The van der Waals surface area contributed by atoms with Crippen LogP contribution in [0.15, 0.2) is 24.3 Å². The summed E-state index contributed by atoms with van der Waals surface area (Å²) < 4.78 is 13.1. The van der Waals surface area contributed by atoms with Gasteiger partial charge in [-0.05, 0) is 17.7 Å². The number of Topliss-reactive ketones (excluding diaryl/α,β-unsaturated/α-hetero) is 1. The first-order valence-corrected chi connectivity index (χ1v) is 6.46. The number of benzene rings is 1. The molecule has 4 heteroatoms. The summed E-state index contributed by atoms with van der Waals surface area (Å²) in [7, 11) is 0. The highest BCUT2D eigenvalue weighted by molar-refractivity contribution is 5.86. The molecule has 3 nitrogen and oxygen atoms in total. The fourth-order valence-corrected chi connectivity index (χ4v) is 2.89. The van der Waals surface area contributed by atoms with Crippen molar-refractivity contribution in [2.45, 2.75) is 12.5 Å². The molecule has 18 heavy (non-hydrogen) atoms. The van der Waals surface area contributed by atoms with Crippen LogP contribution in [0.2, 0.25) is 0 Å². The van der Waals surface area contributed by atoms with Crippen molar-refractivity contribution in [3.05, 3.63) is 35.6 Å². The number of hydrogen-bond acceptors (Lipinski definition) is 3. The first kappa shape index (κ1) is 11.8. The minimum absolute atomic E-state index is 0.00997. The predicted octanol–water partition coefficient (Wildman–Crippen LogP) is 0.937. The molecule has 1 atom stereocenters. The highest BCUT2D eigenvalue weighted by atomic mass is 19.1. The van der Waals surface area contributed by atoms with Crippen LogP contribution in [-0.4, -0.2) is 54.3 Å². The molecule has 1 aromatic rings. The Morgan fingerprint density at radius 3 is 2.67 bits per heavy atom. The van der Waals surface area contributed by atoms with E-state index in [2.05, 4.69) is 9.80 Å². The molecule has 0 N–H and O–H groups in total. The Balaban J connectivity index is 1.68. The molecule has 3 aliphatic rings. The fourth-order valence-electron chi connectivity index (χ4n) is 2.89. The van der Waals surface area contributed by atoms with E-state index in [4.69, 9.17) is 0 Å². The third kappa shape index (κ3) is 2.31. The number of halogens is 1. The van der Waals surface area contributed by atoms with Crippen molar-refractivity contribution in [3.8, 4) is 0 Å². The zero-order chi connectivity index (χ0) is 12.5. The van der Waals surface area contributed by atoms with Crippen molar-refractivity contribution in [1.82, 2.24) is 9.80 Å². The van der Waals surface area contributed by atoms with Gasteiger partial charge in [-0.1, -0.05) is 12.1 Å². The maximum atomic E-state index is 13.1. The molecule has 1 aromatic carbocycles. The number of hydrogen-bond donors (Lipinski definition) is 0. The number of nitrogens with zero attached hydrogens (tertiary/aromatic N) is 2. The van der Waals surface area contributed by atoms with Crippen LogP contribution in [0.25, 0.3) is 0 Å². The molecule has 96 valence electrons. The van der Waals surface area contributed by atoms with Crippen molar-refractivity contribution < 1.29 is 9.18 Å². The minimum Gasteiger partial charge on any atom is -0.299 e. The van der Waals surface area contributed by atoms with Crippen molar-refractivity contribution in [2.24, 2.45) is 0 Å². The van der Waals surface area contributed by atoms with E-state index in [-0.39, 0.29) is 17.6 Å². The summed E-state index contributed by atoms with van der Waals surface area (Å²) in [6, 6.07) is 6.35. The summed E-state index contributed by atoms with van der Waals surface area (Å²) in [6.45, 7) is 4.96. The van der Waals surface area contributed by atoms with E-state index in [0.717, 1.165) is 38.3 Å². The molecule has 0 aromatic heterocycles. The van der Waals surface area contributed by atoms with Gasteiger partial charge >= 0.3 is 0 Å². The number of piperazine rings is 3. The fraction of sp³-hybridized carbons (Fsp3) is 0.500. The zero-order valence-corrected chi connectivity index (χ0v) is 10.3. The molecule has 0 amide bonds. The van der Waals surface area contributed by atoms with Gasteiger partial charge in [0.05, 0.1) is 6.04 Å². The second-order valence-electron chi connectivity index (χ2n) is 5.13. The topological polar surface area (TPSA) is 23.6 Å². The third-order valence-corrected chi connectivity index (χ3v) is 3.92. The van der Waals surface area contributed by atoms with Crippen molar-refractivity contribution in [3.63, 3.8) is 0 Å². The Morgan fingerprint density at radius 1 is 1.28 bits per heavy atom. The number of rotatable bonds is 3. The largest absolute Gasteiger partial charge is 0.299 e. The second kappa shape index (κ2) is 4.78. The monoisotopic (exact) mass is 248 g/mol. The van der Waals surface area contributed by atoms with Gasteiger partial charge in [0.1, 0.15) is 5.82 Å². The van der Waals surface area contributed by atoms with Crippen LogP contribution in [0.1, 0.15) is 5.56 Å². The zero-order valence-electron chi connectivity index (χ0n) is 10.3. The normalized spacial score (nSPS) is 30.4. The van der Waals surface area contributed by atoms with E-state index >= 15 is 0 Å². The third-order valence-electron chi connectivity index (χ3n) is 3.92. The lowest BCUT2D eigenvalue weighted by atomic mass is 9.98. The van der Waals surface area contributed by atoms with Crippen LogP contribution in [0.4, 0.5) is 4.39 Å². The van der Waals surface area contributed by atoms with E-state index in [0.29, 0.717) is 6.42 Å². The predicted molar refractivity (Wildman–Crippen MR) is 66.9 cm³/mol. The molecular formula is C14H17FN2O. The van der Waals surface area contributed by atoms with Gasteiger partial charge in [-0.2, -0.15) is 0 Å². The number of carbonyl (C=O) groups excluding carboxylic acids is 1. The highest BCUT2D eigenvalue weighted by Gasteiger charge is 2.35. The summed E-state index contributed by atoms with van der Waals surface area (Å²) in [5.41, 5.74) is 0.776. The summed E-state index contributed by atoms with van der Waals surface area (Å²) in [5, 5.41) is 0. The van der Waals surface area contributed by atoms with Crippen LogP contribution in [0.3, 0.4) is 0 Å². The maximum Gasteiger partial charge on any atom is 0.155 e. The van der Waals surface area contributed by atoms with E-state index in [1.165, 1.54) is 12.1 Å². The first-order chi connectivity index (χ1) is 8.72. The van der Waals surface area contributed by atoms with Gasteiger partial charge in [-0.15, -0.1) is 0 Å². The number of ketones is 1. The quantitative estimate of drug-likeness (QED) is 0.795. The van der Waals surface area contributed by atoms with Crippen LogP contribution >= 0.6 is 0 Å². The Labute approximate surface area is 106 Å². The Bertz CT molecular complexity index is 455. The smallest absolute Gasteiger partial charge is 0.155 e. The van der Waals surface area contributed by atoms with E-state index in [9.17, 15) is 9.18 Å². The van der Waals surface area contributed by atoms with Gasteiger partial charge in [0, 0.05) is 39.1 Å². The van der Waals surface area contributed by atoms with Crippen LogP contribution in [-0.2, 0) is 11.2 Å². The Kier molecular flexibility index (Phi) is 3.14. The van der Waals surface area contributed by atoms with Gasteiger partial charge < -0.3 is 0 Å². The molecule has 3 saturated heterocycles. The van der Waals surface area contributed by atoms with E-state index < -0.39 is 0 Å². The van der Waals surface area contributed by atoms with Gasteiger partial charge in [-0.25, -0.2) is 4.39 Å². The van der Waals surface area contributed by atoms with Crippen molar-refractivity contribution >= 4 is 5.78 Å². The average Bonchev–Trinajstić information content (AvgIpc) is 2.40. The van der Waals surface area contributed by atoms with Crippen molar-refractivity contribution in [1.29, 1.82) is 0 Å². The first-order valence-electron chi connectivity index (χ1n) is 6.46. The molecule has 0 aliphatic carbocycles. The molecule has 3 aliphatic heterocycles. The van der Waals surface area contributed by atoms with E-state index in [1.54, 1.807) is 6.07 Å². The SMILES string of the molecule is O=C(Cc1cccc(F)c1)C1CN2CCN1CC2. The average molecular weight is 248 g/mol.